The molecule has 1 atom stereocenters. The molecule has 1 fully saturated rings. The standard InChI is InChI=1S/C22H28ClN3O4S/c1-15(16-5-7-17(23)8-6-16)26(19-10-11-19)14-22(27)24-18-9-12-20(30-4)21(13-18)31(28,29)25(2)3/h5-9,12-13,15,19H,10-11,14H2,1-4H3,(H,24,27). The third-order valence-electron chi connectivity index (χ3n) is 5.40. The molecule has 9 heteroatoms. The summed E-state index contributed by atoms with van der Waals surface area (Å²) in [5.41, 5.74) is 1.49. The van der Waals surface area contributed by atoms with Crippen molar-refractivity contribution in [2.24, 2.45) is 0 Å². The van der Waals surface area contributed by atoms with Crippen LogP contribution in [0.25, 0.3) is 0 Å². The highest BCUT2D eigenvalue weighted by atomic mass is 35.5. The number of amides is 1. The largest absolute Gasteiger partial charge is 0.495 e. The molecule has 0 heterocycles. The molecule has 0 aliphatic heterocycles. The molecular formula is C22H28ClN3O4S. The summed E-state index contributed by atoms with van der Waals surface area (Å²) in [4.78, 5) is 15.0. The van der Waals surface area contributed by atoms with E-state index in [1.165, 1.54) is 27.3 Å². The molecule has 1 amide bonds. The van der Waals surface area contributed by atoms with Crippen LogP contribution in [0, 0.1) is 0 Å². The van der Waals surface area contributed by atoms with Gasteiger partial charge in [-0.25, -0.2) is 12.7 Å². The number of rotatable bonds is 9. The van der Waals surface area contributed by atoms with Gasteiger partial charge in [-0.15, -0.1) is 0 Å². The average Bonchev–Trinajstić information content (AvgIpc) is 3.57. The van der Waals surface area contributed by atoms with Crippen molar-refractivity contribution in [1.82, 2.24) is 9.21 Å². The van der Waals surface area contributed by atoms with E-state index in [0.717, 1.165) is 22.7 Å². The van der Waals surface area contributed by atoms with Crippen molar-refractivity contribution in [2.45, 2.75) is 36.7 Å². The summed E-state index contributed by atoms with van der Waals surface area (Å²) in [7, 11) is 0.589. The predicted octanol–water partition coefficient (Wildman–Crippen LogP) is 3.76. The van der Waals surface area contributed by atoms with E-state index in [4.69, 9.17) is 16.3 Å². The fraction of sp³-hybridized carbons (Fsp3) is 0.409. The van der Waals surface area contributed by atoms with Crippen LogP contribution in [0.4, 0.5) is 5.69 Å². The quantitative estimate of drug-likeness (QED) is 0.610. The van der Waals surface area contributed by atoms with Gasteiger partial charge in [0, 0.05) is 36.9 Å². The van der Waals surface area contributed by atoms with Gasteiger partial charge in [-0.2, -0.15) is 0 Å². The Balaban J connectivity index is 1.76. The minimum atomic E-state index is -3.72. The Hall–Kier alpha value is -2.13. The van der Waals surface area contributed by atoms with Crippen LogP contribution in [-0.4, -0.2) is 57.3 Å². The Morgan fingerprint density at radius 2 is 1.84 bits per heavy atom. The number of hydrogen-bond acceptors (Lipinski definition) is 5. The highest BCUT2D eigenvalue weighted by molar-refractivity contribution is 7.89. The smallest absolute Gasteiger partial charge is 0.246 e. The van der Waals surface area contributed by atoms with Gasteiger partial charge in [0.05, 0.1) is 13.7 Å². The molecule has 1 aliphatic carbocycles. The van der Waals surface area contributed by atoms with Crippen molar-refractivity contribution >= 4 is 33.2 Å². The summed E-state index contributed by atoms with van der Waals surface area (Å²) in [5, 5.41) is 3.51. The molecule has 168 valence electrons. The van der Waals surface area contributed by atoms with E-state index in [1.54, 1.807) is 12.1 Å². The molecule has 31 heavy (non-hydrogen) atoms. The van der Waals surface area contributed by atoms with E-state index in [1.807, 2.05) is 24.3 Å². The summed E-state index contributed by atoms with van der Waals surface area (Å²) in [6, 6.07) is 12.7. The van der Waals surface area contributed by atoms with Crippen LogP contribution in [0.15, 0.2) is 47.4 Å². The van der Waals surface area contributed by atoms with E-state index in [-0.39, 0.29) is 29.1 Å². The van der Waals surface area contributed by atoms with Crippen molar-refractivity contribution in [3.05, 3.63) is 53.1 Å². The number of hydrogen-bond donors (Lipinski definition) is 1. The van der Waals surface area contributed by atoms with E-state index < -0.39 is 10.0 Å². The molecule has 0 aromatic heterocycles. The van der Waals surface area contributed by atoms with Crippen molar-refractivity contribution < 1.29 is 17.9 Å². The SMILES string of the molecule is COc1ccc(NC(=O)CN(C2CC2)C(C)c2ccc(Cl)cc2)cc1S(=O)(=O)N(C)C. The topological polar surface area (TPSA) is 79.0 Å². The summed E-state index contributed by atoms with van der Waals surface area (Å²) < 4.78 is 31.5. The molecule has 1 aliphatic rings. The molecule has 0 saturated heterocycles. The summed E-state index contributed by atoms with van der Waals surface area (Å²) >= 11 is 6.00. The van der Waals surface area contributed by atoms with Gasteiger partial charge in [-0.05, 0) is 55.7 Å². The van der Waals surface area contributed by atoms with E-state index in [0.29, 0.717) is 16.8 Å². The van der Waals surface area contributed by atoms with Crippen molar-refractivity contribution in [2.75, 3.05) is 33.1 Å². The van der Waals surface area contributed by atoms with Gasteiger partial charge in [0.15, 0.2) is 0 Å². The molecule has 2 aromatic carbocycles. The predicted molar refractivity (Wildman–Crippen MR) is 122 cm³/mol. The Kier molecular flexibility index (Phi) is 7.26. The highest BCUT2D eigenvalue weighted by Crippen LogP contribution is 2.34. The van der Waals surface area contributed by atoms with Gasteiger partial charge in [-0.1, -0.05) is 23.7 Å². The van der Waals surface area contributed by atoms with Gasteiger partial charge in [0.1, 0.15) is 10.6 Å². The second kappa shape index (κ2) is 9.56. The average molecular weight is 466 g/mol. The van der Waals surface area contributed by atoms with E-state index >= 15 is 0 Å². The Labute approximate surface area is 189 Å². The van der Waals surface area contributed by atoms with Gasteiger partial charge in [0.2, 0.25) is 15.9 Å². The molecule has 7 nitrogen and oxygen atoms in total. The van der Waals surface area contributed by atoms with Crippen LogP contribution in [0.1, 0.15) is 31.4 Å². The van der Waals surface area contributed by atoms with Gasteiger partial charge in [0.25, 0.3) is 0 Å². The number of nitrogens with one attached hydrogen (secondary N) is 1. The first-order valence-electron chi connectivity index (χ1n) is 10.0. The summed E-state index contributed by atoms with van der Waals surface area (Å²) in [5.74, 6) is 0.0220. The van der Waals surface area contributed by atoms with Crippen LogP contribution in [-0.2, 0) is 14.8 Å². The van der Waals surface area contributed by atoms with Crippen LogP contribution < -0.4 is 10.1 Å². The van der Waals surface area contributed by atoms with E-state index in [9.17, 15) is 13.2 Å². The number of sulfonamides is 1. The molecule has 0 spiro atoms. The highest BCUT2D eigenvalue weighted by Gasteiger charge is 2.34. The fourth-order valence-corrected chi connectivity index (χ4v) is 4.64. The van der Waals surface area contributed by atoms with Crippen LogP contribution in [0.5, 0.6) is 5.75 Å². The van der Waals surface area contributed by atoms with Gasteiger partial charge < -0.3 is 10.1 Å². The first kappa shape index (κ1) is 23.5. The lowest BCUT2D eigenvalue weighted by molar-refractivity contribution is -0.118. The third kappa shape index (κ3) is 5.57. The van der Waals surface area contributed by atoms with Gasteiger partial charge in [-0.3, -0.25) is 9.69 Å². The lowest BCUT2D eigenvalue weighted by atomic mass is 10.1. The molecule has 1 N–H and O–H groups in total. The lowest BCUT2D eigenvalue weighted by Crippen LogP contribution is -2.37. The zero-order chi connectivity index (χ0) is 22.8. The number of methoxy groups -OCH3 is 1. The zero-order valence-electron chi connectivity index (χ0n) is 18.1. The number of ether oxygens (including phenoxy) is 1. The van der Waals surface area contributed by atoms with Crippen LogP contribution in [0.3, 0.4) is 0 Å². The van der Waals surface area contributed by atoms with Crippen molar-refractivity contribution in [1.29, 1.82) is 0 Å². The number of carbonyl (C=O) groups is 1. The molecule has 0 bridgehead atoms. The van der Waals surface area contributed by atoms with Crippen molar-refractivity contribution in [3.63, 3.8) is 0 Å². The minimum Gasteiger partial charge on any atom is -0.495 e. The molecule has 3 rings (SSSR count). The Morgan fingerprint density at radius 3 is 2.39 bits per heavy atom. The number of carbonyl (C=O) groups excluding carboxylic acids is 1. The van der Waals surface area contributed by atoms with Crippen LogP contribution in [0.2, 0.25) is 5.02 Å². The summed E-state index contributed by atoms with van der Waals surface area (Å²) in [6.07, 6.45) is 2.11. The number of anilines is 1. The Bertz CT molecular complexity index is 1040. The summed E-state index contributed by atoms with van der Waals surface area (Å²) in [6.45, 7) is 2.28. The maximum absolute atomic E-state index is 12.8. The molecular weight excluding hydrogens is 438 g/mol. The fourth-order valence-electron chi connectivity index (χ4n) is 3.44. The first-order chi connectivity index (χ1) is 14.6. The number of nitrogens with zero attached hydrogens (tertiary/aromatic N) is 2. The second-order valence-electron chi connectivity index (χ2n) is 7.83. The molecule has 0 radical (unpaired) electrons. The monoisotopic (exact) mass is 465 g/mol. The minimum absolute atomic E-state index is 0.00591. The maximum Gasteiger partial charge on any atom is 0.246 e. The maximum atomic E-state index is 12.8. The van der Waals surface area contributed by atoms with Gasteiger partial charge >= 0.3 is 0 Å². The normalized spacial score (nSPS) is 15.2. The molecule has 1 unspecified atom stereocenters. The Morgan fingerprint density at radius 1 is 1.19 bits per heavy atom. The van der Waals surface area contributed by atoms with Crippen LogP contribution >= 0.6 is 11.6 Å². The first-order valence-corrected chi connectivity index (χ1v) is 11.9. The van der Waals surface area contributed by atoms with E-state index in [2.05, 4.69) is 17.1 Å². The second-order valence-corrected chi connectivity index (χ2v) is 10.4. The lowest BCUT2D eigenvalue weighted by Gasteiger charge is -2.29. The van der Waals surface area contributed by atoms with Crippen molar-refractivity contribution in [3.8, 4) is 5.75 Å². The zero-order valence-corrected chi connectivity index (χ0v) is 19.7. The number of halogens is 1. The molecule has 2 aromatic rings. The number of benzene rings is 2. The molecule has 1 saturated carbocycles. The third-order valence-corrected chi connectivity index (χ3v) is 7.49.